The van der Waals surface area contributed by atoms with Gasteiger partial charge in [0.1, 0.15) is 0 Å². The van der Waals surface area contributed by atoms with Gasteiger partial charge in [0.15, 0.2) is 0 Å². The van der Waals surface area contributed by atoms with Crippen molar-refractivity contribution in [2.45, 2.75) is 13.3 Å². The number of amides is 2. The lowest BCUT2D eigenvalue weighted by atomic mass is 10.2. The minimum absolute atomic E-state index is 0.0743. The Hall–Kier alpha value is -2.57. The van der Waals surface area contributed by atoms with E-state index in [1.807, 2.05) is 6.92 Å². The van der Waals surface area contributed by atoms with E-state index in [1.165, 1.54) is 0 Å². The van der Waals surface area contributed by atoms with Crippen molar-refractivity contribution in [2.24, 2.45) is 0 Å². The summed E-state index contributed by atoms with van der Waals surface area (Å²) < 4.78 is 4.95. The number of hydrogen-bond donors (Lipinski definition) is 3. The molecule has 7 heteroatoms. The van der Waals surface area contributed by atoms with Crippen LogP contribution in [-0.2, 0) is 9.53 Å². The van der Waals surface area contributed by atoms with E-state index in [4.69, 9.17) is 16.3 Å². The monoisotopic (exact) mass is 389 g/mol. The smallest absolute Gasteiger partial charge is 0.251 e. The summed E-state index contributed by atoms with van der Waals surface area (Å²) in [4.78, 5) is 24.3. The fourth-order valence-corrected chi connectivity index (χ4v) is 2.59. The summed E-state index contributed by atoms with van der Waals surface area (Å²) in [7, 11) is 1.63. The molecular weight excluding hydrogens is 366 g/mol. The average Bonchev–Trinajstić information content (AvgIpc) is 2.67. The number of anilines is 2. The first-order valence-corrected chi connectivity index (χ1v) is 9.05. The standard InChI is InChI=1S/C20H24ClN3O3/c1-14-17(21)8-4-9-18(14)24-19(25)13-23-16-7-3-6-15(12-16)20(26)22-10-5-11-27-2/h3-4,6-9,12,23H,5,10-11,13H2,1-2H3,(H,22,26)(H,24,25). The minimum atomic E-state index is -0.199. The second kappa shape index (κ2) is 10.5. The van der Waals surface area contributed by atoms with Gasteiger partial charge >= 0.3 is 0 Å². The number of halogens is 1. The number of carbonyl (C=O) groups is 2. The first-order valence-electron chi connectivity index (χ1n) is 8.67. The fourth-order valence-electron chi connectivity index (χ4n) is 2.41. The molecule has 0 aliphatic rings. The maximum absolute atomic E-state index is 12.2. The van der Waals surface area contributed by atoms with Crippen LogP contribution in [0.1, 0.15) is 22.3 Å². The van der Waals surface area contributed by atoms with E-state index >= 15 is 0 Å². The Kier molecular flexibility index (Phi) is 8.10. The predicted octanol–water partition coefficient (Wildman–Crippen LogP) is 3.47. The van der Waals surface area contributed by atoms with Crippen LogP contribution < -0.4 is 16.0 Å². The zero-order valence-corrected chi connectivity index (χ0v) is 16.2. The van der Waals surface area contributed by atoms with Crippen LogP contribution in [-0.4, -0.2) is 38.6 Å². The predicted molar refractivity (Wildman–Crippen MR) is 109 cm³/mol. The Morgan fingerprint density at radius 2 is 1.93 bits per heavy atom. The van der Waals surface area contributed by atoms with Crippen molar-refractivity contribution in [1.29, 1.82) is 0 Å². The van der Waals surface area contributed by atoms with Gasteiger partial charge < -0.3 is 20.7 Å². The van der Waals surface area contributed by atoms with E-state index in [0.717, 1.165) is 12.0 Å². The molecule has 2 rings (SSSR count). The van der Waals surface area contributed by atoms with E-state index in [-0.39, 0.29) is 18.4 Å². The molecule has 0 bridgehead atoms. The Morgan fingerprint density at radius 1 is 1.15 bits per heavy atom. The summed E-state index contributed by atoms with van der Waals surface area (Å²) in [5.74, 6) is -0.358. The molecule has 0 unspecified atom stereocenters. The Labute approximate surface area is 164 Å². The molecule has 27 heavy (non-hydrogen) atoms. The molecule has 0 fully saturated rings. The number of methoxy groups -OCH3 is 1. The van der Waals surface area contributed by atoms with Crippen LogP contribution in [0, 0.1) is 6.92 Å². The third kappa shape index (κ3) is 6.58. The molecule has 0 radical (unpaired) electrons. The van der Waals surface area contributed by atoms with Crippen molar-refractivity contribution in [1.82, 2.24) is 5.32 Å². The highest BCUT2D eigenvalue weighted by Gasteiger charge is 2.08. The Balaban J connectivity index is 1.87. The number of ether oxygens (including phenoxy) is 1. The number of nitrogens with one attached hydrogen (secondary N) is 3. The quantitative estimate of drug-likeness (QED) is 0.574. The molecule has 2 amide bonds. The van der Waals surface area contributed by atoms with Gasteiger partial charge in [0.05, 0.1) is 6.54 Å². The number of hydrogen-bond acceptors (Lipinski definition) is 4. The molecule has 2 aromatic carbocycles. The molecule has 144 valence electrons. The molecular formula is C20H24ClN3O3. The summed E-state index contributed by atoms with van der Waals surface area (Å²) in [6, 6.07) is 12.4. The van der Waals surface area contributed by atoms with Crippen molar-refractivity contribution in [3.05, 3.63) is 58.6 Å². The van der Waals surface area contributed by atoms with Crippen LogP contribution >= 0.6 is 11.6 Å². The van der Waals surface area contributed by atoms with Gasteiger partial charge in [-0.15, -0.1) is 0 Å². The van der Waals surface area contributed by atoms with Gasteiger partial charge in [0.2, 0.25) is 5.91 Å². The van der Waals surface area contributed by atoms with Crippen molar-refractivity contribution >= 4 is 34.8 Å². The summed E-state index contributed by atoms with van der Waals surface area (Å²) in [6.45, 7) is 3.07. The van der Waals surface area contributed by atoms with Gasteiger partial charge in [0, 0.05) is 42.2 Å². The lowest BCUT2D eigenvalue weighted by Gasteiger charge is -2.11. The molecule has 0 heterocycles. The largest absolute Gasteiger partial charge is 0.385 e. The summed E-state index contributed by atoms with van der Waals surface area (Å²) in [5.41, 5.74) is 2.72. The molecule has 3 N–H and O–H groups in total. The minimum Gasteiger partial charge on any atom is -0.385 e. The number of rotatable bonds is 9. The van der Waals surface area contributed by atoms with E-state index in [1.54, 1.807) is 49.6 Å². The molecule has 0 atom stereocenters. The van der Waals surface area contributed by atoms with Crippen LogP contribution in [0.5, 0.6) is 0 Å². The van der Waals surface area contributed by atoms with E-state index in [2.05, 4.69) is 16.0 Å². The molecule has 0 saturated heterocycles. The molecule has 0 aliphatic carbocycles. The van der Waals surface area contributed by atoms with Crippen LogP contribution in [0.2, 0.25) is 5.02 Å². The molecule has 2 aromatic rings. The summed E-state index contributed by atoms with van der Waals surface area (Å²) in [5, 5.41) is 9.28. The van der Waals surface area contributed by atoms with E-state index in [9.17, 15) is 9.59 Å². The van der Waals surface area contributed by atoms with E-state index < -0.39 is 0 Å². The third-order valence-electron chi connectivity index (χ3n) is 3.93. The van der Waals surface area contributed by atoms with Gasteiger partial charge in [-0.05, 0) is 49.2 Å². The van der Waals surface area contributed by atoms with Crippen molar-refractivity contribution in [2.75, 3.05) is 37.4 Å². The fraction of sp³-hybridized carbons (Fsp3) is 0.300. The van der Waals surface area contributed by atoms with E-state index in [0.29, 0.717) is 35.1 Å². The number of carbonyl (C=O) groups excluding carboxylic acids is 2. The van der Waals surface area contributed by atoms with Crippen LogP contribution in [0.4, 0.5) is 11.4 Å². The van der Waals surface area contributed by atoms with Gasteiger partial charge in [-0.3, -0.25) is 9.59 Å². The molecule has 0 saturated carbocycles. The van der Waals surface area contributed by atoms with Crippen molar-refractivity contribution in [3.8, 4) is 0 Å². The van der Waals surface area contributed by atoms with Gasteiger partial charge in [-0.25, -0.2) is 0 Å². The highest BCUT2D eigenvalue weighted by atomic mass is 35.5. The van der Waals surface area contributed by atoms with Gasteiger partial charge in [-0.1, -0.05) is 23.7 Å². The van der Waals surface area contributed by atoms with Crippen molar-refractivity contribution < 1.29 is 14.3 Å². The molecule has 0 spiro atoms. The van der Waals surface area contributed by atoms with Crippen molar-refractivity contribution in [3.63, 3.8) is 0 Å². The maximum Gasteiger partial charge on any atom is 0.251 e. The summed E-state index contributed by atoms with van der Waals surface area (Å²) >= 11 is 6.06. The van der Waals surface area contributed by atoms with Crippen LogP contribution in [0.3, 0.4) is 0 Å². The van der Waals surface area contributed by atoms with Gasteiger partial charge in [-0.2, -0.15) is 0 Å². The first kappa shape index (κ1) is 20.7. The van der Waals surface area contributed by atoms with Gasteiger partial charge in [0.25, 0.3) is 5.91 Å². The normalized spacial score (nSPS) is 10.3. The zero-order chi connectivity index (χ0) is 19.6. The zero-order valence-electron chi connectivity index (χ0n) is 15.5. The highest BCUT2D eigenvalue weighted by Crippen LogP contribution is 2.22. The molecule has 0 aromatic heterocycles. The van der Waals surface area contributed by atoms with Crippen LogP contribution in [0.15, 0.2) is 42.5 Å². The lowest BCUT2D eigenvalue weighted by molar-refractivity contribution is -0.114. The third-order valence-corrected chi connectivity index (χ3v) is 4.34. The topological polar surface area (TPSA) is 79.5 Å². The lowest BCUT2D eigenvalue weighted by Crippen LogP contribution is -2.25. The molecule has 0 aliphatic heterocycles. The maximum atomic E-state index is 12.2. The Morgan fingerprint density at radius 3 is 2.70 bits per heavy atom. The Bertz CT molecular complexity index is 796. The second-order valence-corrected chi connectivity index (χ2v) is 6.40. The average molecular weight is 390 g/mol. The molecule has 6 nitrogen and oxygen atoms in total. The highest BCUT2D eigenvalue weighted by molar-refractivity contribution is 6.31. The van der Waals surface area contributed by atoms with Crippen LogP contribution in [0.25, 0.3) is 0 Å². The second-order valence-electron chi connectivity index (χ2n) is 6.00. The number of benzene rings is 2. The SMILES string of the molecule is COCCCNC(=O)c1cccc(NCC(=O)Nc2cccc(Cl)c2C)c1. The first-order chi connectivity index (χ1) is 13.0. The summed E-state index contributed by atoms with van der Waals surface area (Å²) in [6.07, 6.45) is 0.753.